The molecule has 0 aliphatic heterocycles. The molecule has 0 radical (unpaired) electrons. The van der Waals surface area contributed by atoms with Crippen LogP contribution in [0.2, 0.25) is 0 Å². The van der Waals surface area contributed by atoms with Crippen molar-refractivity contribution in [2.75, 3.05) is 0 Å². The van der Waals surface area contributed by atoms with Gasteiger partial charge in [0.1, 0.15) is 6.04 Å². The third kappa shape index (κ3) is 6.30. The van der Waals surface area contributed by atoms with Crippen molar-refractivity contribution in [1.29, 1.82) is 0 Å². The molecule has 0 spiro atoms. The highest BCUT2D eigenvalue weighted by Crippen LogP contribution is 2.14. The standard InChI is InChI=1S/C18H28N2O3/c1-11(2)16(20-18(22)23-12(3)4)17(21)19-14(6)15-9-7-13(5)8-10-15/h7-12,14,16H,1-6H3,(H,19,21)(H,20,22). The molecule has 1 rings (SSSR count). The van der Waals surface area contributed by atoms with Gasteiger partial charge >= 0.3 is 6.09 Å². The zero-order valence-corrected chi connectivity index (χ0v) is 14.8. The van der Waals surface area contributed by atoms with Gasteiger partial charge in [0.15, 0.2) is 0 Å². The second kappa shape index (κ2) is 8.56. The third-order valence-electron chi connectivity index (χ3n) is 3.50. The molecule has 2 N–H and O–H groups in total. The predicted octanol–water partition coefficient (Wildman–Crippen LogP) is 3.33. The molecule has 2 amide bonds. The van der Waals surface area contributed by atoms with Crippen LogP contribution in [0.15, 0.2) is 24.3 Å². The summed E-state index contributed by atoms with van der Waals surface area (Å²) >= 11 is 0. The summed E-state index contributed by atoms with van der Waals surface area (Å²) in [5, 5.41) is 5.59. The van der Waals surface area contributed by atoms with Crippen molar-refractivity contribution in [3.8, 4) is 0 Å². The molecule has 0 fully saturated rings. The van der Waals surface area contributed by atoms with Crippen molar-refractivity contribution < 1.29 is 14.3 Å². The van der Waals surface area contributed by atoms with Crippen LogP contribution in [0.25, 0.3) is 0 Å². The van der Waals surface area contributed by atoms with Crippen LogP contribution in [-0.4, -0.2) is 24.1 Å². The van der Waals surface area contributed by atoms with E-state index in [1.807, 2.05) is 52.0 Å². The fourth-order valence-corrected chi connectivity index (χ4v) is 2.15. The Labute approximate surface area is 138 Å². The third-order valence-corrected chi connectivity index (χ3v) is 3.50. The minimum absolute atomic E-state index is 0.0417. The highest BCUT2D eigenvalue weighted by Gasteiger charge is 2.26. The first kappa shape index (κ1) is 19.0. The van der Waals surface area contributed by atoms with E-state index < -0.39 is 12.1 Å². The van der Waals surface area contributed by atoms with Gasteiger partial charge in [-0.25, -0.2) is 4.79 Å². The number of benzene rings is 1. The number of nitrogens with one attached hydrogen (secondary N) is 2. The van der Waals surface area contributed by atoms with Crippen LogP contribution in [0.4, 0.5) is 4.79 Å². The summed E-state index contributed by atoms with van der Waals surface area (Å²) < 4.78 is 5.05. The lowest BCUT2D eigenvalue weighted by Crippen LogP contribution is -2.50. The van der Waals surface area contributed by atoms with E-state index in [-0.39, 0.29) is 24.0 Å². The average molecular weight is 320 g/mol. The van der Waals surface area contributed by atoms with Gasteiger partial charge in [-0.2, -0.15) is 0 Å². The first-order valence-electron chi connectivity index (χ1n) is 8.04. The monoisotopic (exact) mass is 320 g/mol. The van der Waals surface area contributed by atoms with Gasteiger partial charge in [0, 0.05) is 0 Å². The maximum Gasteiger partial charge on any atom is 0.408 e. The Morgan fingerprint density at radius 3 is 2.00 bits per heavy atom. The van der Waals surface area contributed by atoms with Crippen molar-refractivity contribution in [3.63, 3.8) is 0 Å². The molecule has 23 heavy (non-hydrogen) atoms. The van der Waals surface area contributed by atoms with Crippen molar-refractivity contribution in [3.05, 3.63) is 35.4 Å². The lowest BCUT2D eigenvalue weighted by atomic mass is 10.0. The molecule has 128 valence electrons. The number of ether oxygens (including phenoxy) is 1. The van der Waals surface area contributed by atoms with E-state index in [1.165, 1.54) is 5.56 Å². The maximum atomic E-state index is 12.5. The van der Waals surface area contributed by atoms with Gasteiger partial charge in [-0.3, -0.25) is 4.79 Å². The van der Waals surface area contributed by atoms with E-state index in [1.54, 1.807) is 13.8 Å². The van der Waals surface area contributed by atoms with Gasteiger partial charge in [-0.15, -0.1) is 0 Å². The van der Waals surface area contributed by atoms with E-state index >= 15 is 0 Å². The minimum atomic E-state index is -0.630. The lowest BCUT2D eigenvalue weighted by molar-refractivity contribution is -0.124. The van der Waals surface area contributed by atoms with Gasteiger partial charge in [0.05, 0.1) is 12.1 Å². The predicted molar refractivity (Wildman–Crippen MR) is 91.1 cm³/mol. The van der Waals surface area contributed by atoms with E-state index in [0.717, 1.165) is 5.56 Å². The quantitative estimate of drug-likeness (QED) is 0.845. The Morgan fingerprint density at radius 1 is 0.957 bits per heavy atom. The largest absolute Gasteiger partial charge is 0.447 e. The molecule has 5 nitrogen and oxygen atoms in total. The molecule has 2 unspecified atom stereocenters. The minimum Gasteiger partial charge on any atom is -0.447 e. The summed E-state index contributed by atoms with van der Waals surface area (Å²) in [6, 6.07) is 7.24. The zero-order chi connectivity index (χ0) is 17.6. The van der Waals surface area contributed by atoms with E-state index in [4.69, 9.17) is 4.74 Å². The number of hydrogen-bond acceptors (Lipinski definition) is 3. The molecular formula is C18H28N2O3. The van der Waals surface area contributed by atoms with Gasteiger partial charge in [-0.1, -0.05) is 43.7 Å². The number of alkyl carbamates (subject to hydrolysis) is 1. The maximum absolute atomic E-state index is 12.5. The number of carbonyl (C=O) groups excluding carboxylic acids is 2. The van der Waals surface area contributed by atoms with Gasteiger partial charge in [0.2, 0.25) is 5.91 Å². The van der Waals surface area contributed by atoms with Gasteiger partial charge in [0.25, 0.3) is 0 Å². The highest BCUT2D eigenvalue weighted by molar-refractivity contribution is 5.86. The number of carbonyl (C=O) groups is 2. The van der Waals surface area contributed by atoms with Crippen LogP contribution in [0.1, 0.15) is 51.8 Å². The molecule has 0 aromatic heterocycles. The lowest BCUT2D eigenvalue weighted by Gasteiger charge is -2.24. The van der Waals surface area contributed by atoms with E-state index in [2.05, 4.69) is 10.6 Å². The fraction of sp³-hybridized carbons (Fsp3) is 0.556. The number of aryl methyl sites for hydroxylation is 1. The molecule has 2 atom stereocenters. The Balaban J connectivity index is 2.70. The molecule has 0 aliphatic rings. The van der Waals surface area contributed by atoms with Crippen LogP contribution in [0.3, 0.4) is 0 Å². The topological polar surface area (TPSA) is 67.4 Å². The number of rotatable bonds is 6. The Morgan fingerprint density at radius 2 is 1.52 bits per heavy atom. The van der Waals surface area contributed by atoms with Crippen molar-refractivity contribution in [2.45, 2.75) is 59.7 Å². The Bertz CT molecular complexity index is 524. The highest BCUT2D eigenvalue weighted by atomic mass is 16.6. The molecule has 0 saturated heterocycles. The summed E-state index contributed by atoms with van der Waals surface area (Å²) in [5.41, 5.74) is 2.20. The Kier molecular flexibility index (Phi) is 7.07. The number of amides is 2. The van der Waals surface area contributed by atoms with Crippen LogP contribution >= 0.6 is 0 Å². The molecule has 1 aromatic carbocycles. The number of hydrogen-bond donors (Lipinski definition) is 2. The summed E-state index contributed by atoms with van der Waals surface area (Å²) in [6.45, 7) is 11.2. The van der Waals surface area contributed by atoms with Crippen LogP contribution < -0.4 is 10.6 Å². The van der Waals surface area contributed by atoms with Crippen molar-refractivity contribution in [1.82, 2.24) is 10.6 Å². The van der Waals surface area contributed by atoms with Gasteiger partial charge < -0.3 is 15.4 Å². The van der Waals surface area contributed by atoms with Crippen LogP contribution in [0.5, 0.6) is 0 Å². The first-order valence-corrected chi connectivity index (χ1v) is 8.04. The zero-order valence-electron chi connectivity index (χ0n) is 14.8. The fourth-order valence-electron chi connectivity index (χ4n) is 2.15. The SMILES string of the molecule is Cc1ccc(C(C)NC(=O)C(NC(=O)OC(C)C)C(C)C)cc1. The summed E-state index contributed by atoms with van der Waals surface area (Å²) in [7, 11) is 0. The average Bonchev–Trinajstić information content (AvgIpc) is 2.44. The molecule has 0 aliphatic carbocycles. The second-order valence-electron chi connectivity index (χ2n) is 6.46. The summed E-state index contributed by atoms with van der Waals surface area (Å²) in [6.07, 6.45) is -0.797. The molecule has 5 heteroatoms. The molecular weight excluding hydrogens is 292 g/mol. The Hall–Kier alpha value is -2.04. The van der Waals surface area contributed by atoms with Crippen LogP contribution in [-0.2, 0) is 9.53 Å². The van der Waals surface area contributed by atoms with E-state index in [0.29, 0.717) is 0 Å². The molecule has 0 heterocycles. The molecule has 0 bridgehead atoms. The van der Waals surface area contributed by atoms with E-state index in [9.17, 15) is 9.59 Å². The summed E-state index contributed by atoms with van der Waals surface area (Å²) in [5.74, 6) is -0.256. The van der Waals surface area contributed by atoms with Crippen molar-refractivity contribution >= 4 is 12.0 Å². The second-order valence-corrected chi connectivity index (χ2v) is 6.46. The first-order chi connectivity index (χ1) is 10.7. The summed E-state index contributed by atoms with van der Waals surface area (Å²) in [4.78, 5) is 24.2. The normalized spacial score (nSPS) is 13.6. The van der Waals surface area contributed by atoms with Crippen molar-refractivity contribution in [2.24, 2.45) is 5.92 Å². The van der Waals surface area contributed by atoms with Gasteiger partial charge in [-0.05, 0) is 39.2 Å². The smallest absolute Gasteiger partial charge is 0.408 e. The molecule has 0 saturated carbocycles. The molecule has 1 aromatic rings. The van der Waals surface area contributed by atoms with Crippen LogP contribution in [0, 0.1) is 12.8 Å².